The van der Waals surface area contributed by atoms with Crippen LogP contribution in [0.3, 0.4) is 0 Å². The minimum Gasteiger partial charge on any atom is -0.508 e. The number of aromatic hydroxyl groups is 1. The van der Waals surface area contributed by atoms with Crippen LogP contribution in [-0.4, -0.2) is 68.0 Å². The number of hydrogen-bond acceptors (Lipinski definition) is 9. The van der Waals surface area contributed by atoms with E-state index in [1.54, 1.807) is 12.1 Å². The Hall–Kier alpha value is -2.01. The fourth-order valence-electron chi connectivity index (χ4n) is 2.40. The molecule has 0 amide bonds. The van der Waals surface area contributed by atoms with Crippen LogP contribution in [0.15, 0.2) is 33.5 Å². The van der Waals surface area contributed by atoms with Gasteiger partial charge in [0, 0.05) is 17.5 Å². The summed E-state index contributed by atoms with van der Waals surface area (Å²) in [5, 5.41) is 54.7. The van der Waals surface area contributed by atoms with Crippen molar-refractivity contribution >= 4 is 11.0 Å². The van der Waals surface area contributed by atoms with Gasteiger partial charge in [-0.05, 0) is 24.6 Å². The average molecular weight is 356 g/mol. The largest absolute Gasteiger partial charge is 0.508 e. The highest BCUT2D eigenvalue weighted by atomic mass is 16.6. The normalized spacial score (nSPS) is 29.1. The highest BCUT2D eigenvalue weighted by molar-refractivity contribution is 5.81. The van der Waals surface area contributed by atoms with Crippen LogP contribution in [0, 0.1) is 6.92 Å². The third-order valence-electron chi connectivity index (χ3n) is 3.80. The van der Waals surface area contributed by atoms with Crippen molar-refractivity contribution in [1.29, 1.82) is 0 Å². The maximum Gasteiger partial charge on any atom is 0.336 e. The summed E-state index contributed by atoms with van der Waals surface area (Å²) in [7, 11) is 0. The molecule has 1 aromatic carbocycles. The number of aryl methyl sites for hydroxylation is 1. The number of benzene rings is 1. The summed E-state index contributed by atoms with van der Waals surface area (Å²) in [4.78, 5) is 11.0. The van der Waals surface area contributed by atoms with Crippen molar-refractivity contribution < 1.29 is 39.8 Å². The number of aliphatic hydroxyl groups excluding tert-OH is 5. The number of phenolic OH excluding ortho intramolecular Hbond substituents is 1. The smallest absolute Gasteiger partial charge is 0.336 e. The van der Waals surface area contributed by atoms with Crippen LogP contribution in [0.5, 0.6) is 5.75 Å². The van der Waals surface area contributed by atoms with Gasteiger partial charge >= 0.3 is 5.63 Å². The van der Waals surface area contributed by atoms with E-state index in [1.165, 1.54) is 12.1 Å². The van der Waals surface area contributed by atoms with Crippen LogP contribution in [0.1, 0.15) is 5.56 Å². The SMILES string of the molecule is Cc1cc(=O)oc2cc(O)ccc12.OC[C@H]1O[C@@H](O)[C@H](O)[C@@H](O)[C@H]1O. The Morgan fingerprint density at radius 3 is 2.36 bits per heavy atom. The molecule has 9 heteroatoms. The first-order chi connectivity index (χ1) is 11.7. The Kier molecular flexibility index (Phi) is 6.11. The Bertz CT molecular complexity index is 767. The van der Waals surface area contributed by atoms with Gasteiger partial charge in [-0.15, -0.1) is 0 Å². The van der Waals surface area contributed by atoms with E-state index in [0.717, 1.165) is 10.9 Å². The summed E-state index contributed by atoms with van der Waals surface area (Å²) in [6, 6.07) is 6.15. The second-order valence-corrected chi connectivity index (χ2v) is 5.65. The van der Waals surface area contributed by atoms with Crippen LogP contribution < -0.4 is 5.63 Å². The lowest BCUT2D eigenvalue weighted by Crippen LogP contribution is -2.58. The molecule has 0 aliphatic carbocycles. The zero-order chi connectivity index (χ0) is 18.7. The number of hydrogen-bond donors (Lipinski definition) is 6. The Balaban J connectivity index is 0.000000181. The van der Waals surface area contributed by atoms with E-state index < -0.39 is 42.9 Å². The van der Waals surface area contributed by atoms with E-state index >= 15 is 0 Å². The highest BCUT2D eigenvalue weighted by Gasteiger charge is 2.42. The topological polar surface area (TPSA) is 161 Å². The second kappa shape index (κ2) is 7.91. The lowest BCUT2D eigenvalue weighted by Gasteiger charge is -2.37. The molecule has 1 aliphatic rings. The minimum absolute atomic E-state index is 0.0984. The number of phenols is 1. The van der Waals surface area contributed by atoms with Crippen molar-refractivity contribution in [2.75, 3.05) is 6.61 Å². The quantitative estimate of drug-likeness (QED) is 0.337. The average Bonchev–Trinajstić information content (AvgIpc) is 2.56. The van der Waals surface area contributed by atoms with E-state index in [4.69, 9.17) is 35.1 Å². The molecule has 1 fully saturated rings. The second-order valence-electron chi connectivity index (χ2n) is 5.65. The maximum absolute atomic E-state index is 11.0. The van der Waals surface area contributed by atoms with Gasteiger partial charge in [0.2, 0.25) is 0 Å². The molecule has 1 aliphatic heterocycles. The van der Waals surface area contributed by atoms with Gasteiger partial charge in [-0.3, -0.25) is 0 Å². The van der Waals surface area contributed by atoms with Gasteiger partial charge in [0.05, 0.1) is 6.61 Å². The summed E-state index contributed by atoms with van der Waals surface area (Å²) >= 11 is 0. The lowest BCUT2D eigenvalue weighted by atomic mass is 10.00. The van der Waals surface area contributed by atoms with Crippen LogP contribution in [0.2, 0.25) is 0 Å². The van der Waals surface area contributed by atoms with E-state index in [0.29, 0.717) is 5.58 Å². The highest BCUT2D eigenvalue weighted by Crippen LogP contribution is 2.21. The number of fused-ring (bicyclic) bond motifs is 1. The van der Waals surface area contributed by atoms with Crippen LogP contribution in [-0.2, 0) is 4.74 Å². The van der Waals surface area contributed by atoms with Gasteiger partial charge in [-0.1, -0.05) is 0 Å². The summed E-state index contributed by atoms with van der Waals surface area (Å²) in [6.45, 7) is 1.30. The molecule has 0 saturated carbocycles. The molecule has 0 bridgehead atoms. The Labute approximate surface area is 142 Å². The van der Waals surface area contributed by atoms with Crippen LogP contribution >= 0.6 is 0 Å². The number of aliphatic hydroxyl groups is 5. The molecule has 9 nitrogen and oxygen atoms in total. The molecule has 6 N–H and O–H groups in total. The monoisotopic (exact) mass is 356 g/mol. The summed E-state index contributed by atoms with van der Waals surface area (Å²) in [5.74, 6) is 0.0984. The van der Waals surface area contributed by atoms with Gasteiger partial charge in [0.15, 0.2) is 6.29 Å². The first-order valence-corrected chi connectivity index (χ1v) is 7.46. The van der Waals surface area contributed by atoms with Gasteiger partial charge in [0.25, 0.3) is 0 Å². The number of rotatable bonds is 1. The Morgan fingerprint density at radius 1 is 1.04 bits per heavy atom. The maximum atomic E-state index is 11.0. The molecule has 0 unspecified atom stereocenters. The zero-order valence-corrected chi connectivity index (χ0v) is 13.3. The molecule has 5 atom stereocenters. The van der Waals surface area contributed by atoms with Crippen LogP contribution in [0.25, 0.3) is 11.0 Å². The van der Waals surface area contributed by atoms with E-state index in [1.807, 2.05) is 6.92 Å². The molecule has 1 saturated heterocycles. The van der Waals surface area contributed by atoms with Gasteiger partial charge in [0.1, 0.15) is 35.7 Å². The molecule has 138 valence electrons. The predicted molar refractivity (Wildman–Crippen MR) is 84.9 cm³/mol. The molecule has 1 aromatic heterocycles. The zero-order valence-electron chi connectivity index (χ0n) is 13.3. The van der Waals surface area contributed by atoms with Gasteiger partial charge < -0.3 is 39.8 Å². The standard InChI is InChI=1S/C10H8O3.C6H12O6/c1-6-4-10(12)13-9-5-7(11)2-3-8(6)9;7-1-2-3(8)4(9)5(10)6(11)12-2/h2-5,11H,1H3;2-11H,1H2/t;2-,3+,4+,5-,6-/m.1/s1. The molecular weight excluding hydrogens is 336 g/mol. The third kappa shape index (κ3) is 4.34. The summed E-state index contributed by atoms with van der Waals surface area (Å²) in [5.41, 5.74) is 0.881. The summed E-state index contributed by atoms with van der Waals surface area (Å²) < 4.78 is 9.48. The van der Waals surface area contributed by atoms with Crippen molar-refractivity contribution in [3.05, 3.63) is 40.2 Å². The van der Waals surface area contributed by atoms with E-state index in [9.17, 15) is 4.79 Å². The fourth-order valence-corrected chi connectivity index (χ4v) is 2.40. The summed E-state index contributed by atoms with van der Waals surface area (Å²) in [6.07, 6.45) is -7.04. The molecule has 0 radical (unpaired) electrons. The van der Waals surface area contributed by atoms with Crippen molar-refractivity contribution in [3.8, 4) is 5.75 Å². The fraction of sp³-hybridized carbons (Fsp3) is 0.438. The molecule has 3 rings (SSSR count). The van der Waals surface area contributed by atoms with E-state index in [-0.39, 0.29) is 5.75 Å². The number of ether oxygens (including phenoxy) is 1. The van der Waals surface area contributed by atoms with Crippen molar-refractivity contribution in [1.82, 2.24) is 0 Å². The molecule has 0 spiro atoms. The third-order valence-corrected chi connectivity index (χ3v) is 3.80. The van der Waals surface area contributed by atoms with Crippen LogP contribution in [0.4, 0.5) is 0 Å². The molecule has 25 heavy (non-hydrogen) atoms. The first kappa shape index (κ1) is 19.3. The lowest BCUT2D eigenvalue weighted by molar-refractivity contribution is -0.286. The molecule has 2 heterocycles. The predicted octanol–water partition coefficient (Wildman–Crippen LogP) is -1.41. The molecular formula is C16H20O9. The van der Waals surface area contributed by atoms with E-state index in [2.05, 4.69) is 4.74 Å². The van der Waals surface area contributed by atoms with Crippen molar-refractivity contribution in [2.45, 2.75) is 37.6 Å². The molecule has 2 aromatic rings. The van der Waals surface area contributed by atoms with Gasteiger partial charge in [-0.25, -0.2) is 4.79 Å². The van der Waals surface area contributed by atoms with Crippen molar-refractivity contribution in [3.63, 3.8) is 0 Å². The minimum atomic E-state index is -1.57. The van der Waals surface area contributed by atoms with Crippen molar-refractivity contribution in [2.24, 2.45) is 0 Å². The first-order valence-electron chi connectivity index (χ1n) is 7.46. The Morgan fingerprint density at radius 2 is 1.72 bits per heavy atom. The van der Waals surface area contributed by atoms with Gasteiger partial charge in [-0.2, -0.15) is 0 Å².